The molecular formula is C22H26F2N2O3S. The molecule has 0 bridgehead atoms. The van der Waals surface area contributed by atoms with Crippen LogP contribution in [-0.4, -0.2) is 43.2 Å². The van der Waals surface area contributed by atoms with Gasteiger partial charge in [0.15, 0.2) is 0 Å². The van der Waals surface area contributed by atoms with Gasteiger partial charge in [-0.1, -0.05) is 26.0 Å². The average molecular weight is 437 g/mol. The van der Waals surface area contributed by atoms with Crippen LogP contribution in [0.1, 0.15) is 42.6 Å². The molecule has 5 nitrogen and oxygen atoms in total. The summed E-state index contributed by atoms with van der Waals surface area (Å²) in [5.74, 6) is -1.36. The first-order valence-electron chi connectivity index (χ1n) is 10.1. The summed E-state index contributed by atoms with van der Waals surface area (Å²) in [5.41, 5.74) is 0.448. The Hall–Kier alpha value is -2.32. The van der Waals surface area contributed by atoms with Gasteiger partial charge in [-0.15, -0.1) is 0 Å². The summed E-state index contributed by atoms with van der Waals surface area (Å²) in [6, 6.07) is 9.12. The molecule has 8 heteroatoms. The number of hydrogen-bond acceptors (Lipinski definition) is 3. The fourth-order valence-electron chi connectivity index (χ4n) is 3.35. The molecule has 0 spiro atoms. The fraction of sp³-hybridized carbons (Fsp3) is 0.409. The molecule has 0 radical (unpaired) electrons. The highest BCUT2D eigenvalue weighted by atomic mass is 32.2. The van der Waals surface area contributed by atoms with Crippen LogP contribution < -0.4 is 0 Å². The minimum absolute atomic E-state index is 0.107. The zero-order chi connectivity index (χ0) is 21.9. The lowest BCUT2D eigenvalue weighted by Crippen LogP contribution is -2.34. The molecule has 0 N–H and O–H groups in total. The lowest BCUT2D eigenvalue weighted by atomic mass is 10.1. The summed E-state index contributed by atoms with van der Waals surface area (Å²) in [5, 5.41) is 0. The zero-order valence-corrected chi connectivity index (χ0v) is 18.0. The van der Waals surface area contributed by atoms with Crippen molar-refractivity contribution in [1.82, 2.24) is 9.21 Å². The minimum atomic E-state index is -3.82. The van der Waals surface area contributed by atoms with E-state index in [1.165, 1.54) is 27.4 Å². The number of nitrogens with zero attached hydrogens (tertiary/aromatic N) is 2. The van der Waals surface area contributed by atoms with Gasteiger partial charge < -0.3 is 4.90 Å². The normalized spacial score (nSPS) is 14.2. The maximum atomic E-state index is 14.6. The van der Waals surface area contributed by atoms with E-state index in [1.54, 1.807) is 26.0 Å². The van der Waals surface area contributed by atoms with E-state index in [0.717, 1.165) is 30.5 Å². The average Bonchev–Trinajstić information content (AvgIpc) is 3.53. The molecule has 1 saturated carbocycles. The number of rotatable bonds is 9. The molecule has 1 fully saturated rings. The Labute approximate surface area is 176 Å². The maximum Gasteiger partial charge on any atom is 0.257 e. The van der Waals surface area contributed by atoms with Gasteiger partial charge in [-0.2, -0.15) is 4.31 Å². The zero-order valence-electron chi connectivity index (χ0n) is 17.1. The first-order chi connectivity index (χ1) is 14.3. The van der Waals surface area contributed by atoms with Crippen LogP contribution in [0.15, 0.2) is 47.4 Å². The molecule has 1 amide bonds. The number of benzene rings is 2. The highest BCUT2D eigenvalue weighted by Crippen LogP contribution is 2.31. The highest BCUT2D eigenvalue weighted by Gasteiger charge is 2.30. The largest absolute Gasteiger partial charge is 0.334 e. The van der Waals surface area contributed by atoms with E-state index in [4.69, 9.17) is 0 Å². The fourth-order valence-corrected chi connectivity index (χ4v) is 4.84. The molecule has 0 unspecified atom stereocenters. The second kappa shape index (κ2) is 9.22. The van der Waals surface area contributed by atoms with E-state index < -0.39 is 21.7 Å². The smallest absolute Gasteiger partial charge is 0.257 e. The Morgan fingerprint density at radius 2 is 1.67 bits per heavy atom. The van der Waals surface area contributed by atoms with Crippen molar-refractivity contribution < 1.29 is 22.0 Å². The molecule has 2 aromatic rings. The highest BCUT2D eigenvalue weighted by molar-refractivity contribution is 7.89. The second-order valence-corrected chi connectivity index (χ2v) is 9.42. The molecule has 1 aliphatic carbocycles. The maximum absolute atomic E-state index is 14.6. The lowest BCUT2D eigenvalue weighted by Gasteiger charge is -2.24. The van der Waals surface area contributed by atoms with E-state index in [9.17, 15) is 22.0 Å². The number of carbonyl (C=O) groups is 1. The summed E-state index contributed by atoms with van der Waals surface area (Å²) < 4.78 is 54.6. The van der Waals surface area contributed by atoms with Gasteiger partial charge >= 0.3 is 0 Å². The van der Waals surface area contributed by atoms with Crippen LogP contribution in [0.2, 0.25) is 0 Å². The molecular weight excluding hydrogens is 410 g/mol. The molecule has 2 aromatic carbocycles. The Balaban J connectivity index is 1.92. The Bertz CT molecular complexity index is 1000. The third-order valence-corrected chi connectivity index (χ3v) is 7.31. The summed E-state index contributed by atoms with van der Waals surface area (Å²) in [6.45, 7) is 4.63. The van der Waals surface area contributed by atoms with Crippen LogP contribution in [0.4, 0.5) is 8.78 Å². The molecule has 0 aliphatic heterocycles. The summed E-state index contributed by atoms with van der Waals surface area (Å²) in [7, 11) is -3.82. The standard InChI is InChI=1S/C22H26F2N2O3S/c1-3-26(4-2)30(28,29)19-11-12-21(24)20(13-19)22(27)25(14-16-5-6-16)15-17-7-9-18(23)10-8-17/h7-13,16H,3-6,14-15H2,1-2H3. The van der Waals surface area contributed by atoms with E-state index in [0.29, 0.717) is 12.5 Å². The summed E-state index contributed by atoms with van der Waals surface area (Å²) >= 11 is 0. The van der Waals surface area contributed by atoms with E-state index >= 15 is 0 Å². The molecule has 0 atom stereocenters. The monoisotopic (exact) mass is 436 g/mol. The van der Waals surface area contributed by atoms with Gasteiger partial charge in [0.05, 0.1) is 10.5 Å². The van der Waals surface area contributed by atoms with Crippen LogP contribution >= 0.6 is 0 Å². The first-order valence-corrected chi connectivity index (χ1v) is 11.5. The van der Waals surface area contributed by atoms with Gasteiger partial charge in [-0.25, -0.2) is 17.2 Å². The number of hydrogen-bond donors (Lipinski definition) is 0. The van der Waals surface area contributed by atoms with Crippen molar-refractivity contribution >= 4 is 15.9 Å². The lowest BCUT2D eigenvalue weighted by molar-refractivity contribution is 0.0730. The number of sulfonamides is 1. The summed E-state index contributed by atoms with van der Waals surface area (Å²) in [4.78, 5) is 14.6. The molecule has 1 aliphatic rings. The van der Waals surface area contributed by atoms with Gasteiger partial charge in [0.2, 0.25) is 10.0 Å². The Morgan fingerprint density at radius 3 is 2.23 bits per heavy atom. The van der Waals surface area contributed by atoms with Crippen molar-refractivity contribution in [2.24, 2.45) is 5.92 Å². The van der Waals surface area contributed by atoms with Crippen molar-refractivity contribution in [3.05, 3.63) is 65.2 Å². The van der Waals surface area contributed by atoms with Crippen molar-refractivity contribution in [2.45, 2.75) is 38.1 Å². The molecule has 30 heavy (non-hydrogen) atoms. The van der Waals surface area contributed by atoms with Gasteiger partial charge in [-0.3, -0.25) is 4.79 Å². The van der Waals surface area contributed by atoms with Gasteiger partial charge in [-0.05, 0) is 54.7 Å². The van der Waals surface area contributed by atoms with E-state index in [-0.39, 0.29) is 35.9 Å². The van der Waals surface area contributed by atoms with Crippen LogP contribution in [0, 0.1) is 17.6 Å². The van der Waals surface area contributed by atoms with Gasteiger partial charge in [0, 0.05) is 26.2 Å². The Kier molecular flexibility index (Phi) is 6.88. The second-order valence-electron chi connectivity index (χ2n) is 7.49. The van der Waals surface area contributed by atoms with E-state index in [2.05, 4.69) is 0 Å². The molecule has 0 saturated heterocycles. The van der Waals surface area contributed by atoms with E-state index in [1.807, 2.05) is 0 Å². The van der Waals surface area contributed by atoms with Crippen LogP contribution in [-0.2, 0) is 16.6 Å². The Morgan fingerprint density at radius 1 is 1.03 bits per heavy atom. The number of carbonyl (C=O) groups excluding carboxylic acids is 1. The minimum Gasteiger partial charge on any atom is -0.334 e. The third kappa shape index (κ3) is 5.05. The van der Waals surface area contributed by atoms with Crippen LogP contribution in [0.3, 0.4) is 0 Å². The molecule has 3 rings (SSSR count). The van der Waals surface area contributed by atoms with Gasteiger partial charge in [0.25, 0.3) is 5.91 Å². The number of halogens is 2. The topological polar surface area (TPSA) is 57.7 Å². The third-order valence-electron chi connectivity index (χ3n) is 5.26. The van der Waals surface area contributed by atoms with Crippen molar-refractivity contribution in [3.8, 4) is 0 Å². The molecule has 0 heterocycles. The first kappa shape index (κ1) is 22.4. The number of amides is 1. The SMILES string of the molecule is CCN(CC)S(=O)(=O)c1ccc(F)c(C(=O)N(Cc2ccc(F)cc2)CC2CC2)c1. The predicted molar refractivity (Wildman–Crippen MR) is 110 cm³/mol. The van der Waals surface area contributed by atoms with Crippen molar-refractivity contribution in [1.29, 1.82) is 0 Å². The van der Waals surface area contributed by atoms with Gasteiger partial charge in [0.1, 0.15) is 11.6 Å². The predicted octanol–water partition coefficient (Wildman–Crippen LogP) is 4.05. The quantitative estimate of drug-likeness (QED) is 0.596. The van der Waals surface area contributed by atoms with Crippen LogP contribution in [0.5, 0.6) is 0 Å². The molecule has 162 valence electrons. The van der Waals surface area contributed by atoms with Crippen molar-refractivity contribution in [3.63, 3.8) is 0 Å². The van der Waals surface area contributed by atoms with Crippen molar-refractivity contribution in [2.75, 3.05) is 19.6 Å². The summed E-state index contributed by atoms with van der Waals surface area (Å²) in [6.07, 6.45) is 1.98. The van der Waals surface area contributed by atoms with Crippen LogP contribution in [0.25, 0.3) is 0 Å². The molecule has 0 aromatic heterocycles.